The molecule has 1 aliphatic heterocycles. The van der Waals surface area contributed by atoms with Crippen LogP contribution in [0.4, 0.5) is 24.5 Å². The summed E-state index contributed by atoms with van der Waals surface area (Å²) < 4.78 is 66.9. The average Bonchev–Trinajstić information content (AvgIpc) is 2.62. The molecule has 152 valence electrons. The minimum Gasteiger partial charge on any atom is -0.369 e. The summed E-state index contributed by atoms with van der Waals surface area (Å²) in [6.07, 6.45) is -4.85. The summed E-state index contributed by atoms with van der Waals surface area (Å²) >= 11 is 5.61. The molecule has 2 aromatic carbocycles. The van der Waals surface area contributed by atoms with Crippen LogP contribution in [-0.2, 0) is 16.2 Å². The minimum absolute atomic E-state index is 0.181. The number of hydrogen-bond acceptors (Lipinski definition) is 4. The number of anilines is 2. The summed E-state index contributed by atoms with van der Waals surface area (Å²) in [5.74, 6) is 0. The molecule has 5 nitrogen and oxygen atoms in total. The number of likely N-dealkylation sites (N-methyl/N-ethyl adjacent to an activating group) is 1. The van der Waals surface area contributed by atoms with Crippen LogP contribution in [0.25, 0.3) is 0 Å². The fourth-order valence-electron chi connectivity index (χ4n) is 2.97. The van der Waals surface area contributed by atoms with E-state index in [0.717, 1.165) is 44.0 Å². The molecular weight excluding hydrogens is 415 g/mol. The molecule has 0 unspecified atom stereocenters. The third-order valence-corrected chi connectivity index (χ3v) is 6.20. The molecule has 1 heterocycles. The Kier molecular flexibility index (Phi) is 5.79. The van der Waals surface area contributed by atoms with E-state index in [0.29, 0.717) is 6.07 Å². The largest absolute Gasteiger partial charge is 0.417 e. The Morgan fingerprint density at radius 1 is 1.00 bits per heavy atom. The second-order valence-electron chi connectivity index (χ2n) is 6.58. The number of nitrogens with one attached hydrogen (secondary N) is 1. The normalized spacial score (nSPS) is 16.2. The quantitative estimate of drug-likeness (QED) is 0.794. The predicted octanol–water partition coefficient (Wildman–Crippen LogP) is 3.91. The Morgan fingerprint density at radius 2 is 1.61 bits per heavy atom. The molecular formula is C18H19ClF3N3O2S. The second kappa shape index (κ2) is 7.81. The van der Waals surface area contributed by atoms with E-state index < -0.39 is 26.7 Å². The summed E-state index contributed by atoms with van der Waals surface area (Å²) in [4.78, 5) is 3.51. The van der Waals surface area contributed by atoms with Crippen molar-refractivity contribution in [3.05, 3.63) is 53.1 Å². The van der Waals surface area contributed by atoms with Gasteiger partial charge in [0.2, 0.25) is 0 Å². The molecule has 1 saturated heterocycles. The van der Waals surface area contributed by atoms with E-state index in [1.807, 2.05) is 7.05 Å². The zero-order valence-electron chi connectivity index (χ0n) is 15.0. The number of halogens is 4. The van der Waals surface area contributed by atoms with Crippen molar-refractivity contribution in [2.24, 2.45) is 0 Å². The van der Waals surface area contributed by atoms with E-state index in [4.69, 9.17) is 11.6 Å². The third-order valence-electron chi connectivity index (χ3n) is 4.52. The smallest absolute Gasteiger partial charge is 0.369 e. The molecule has 0 radical (unpaired) electrons. The Labute approximate surface area is 166 Å². The molecule has 1 fully saturated rings. The molecule has 10 heteroatoms. The minimum atomic E-state index is -4.85. The first kappa shape index (κ1) is 20.8. The monoisotopic (exact) mass is 433 g/mol. The van der Waals surface area contributed by atoms with E-state index >= 15 is 0 Å². The van der Waals surface area contributed by atoms with Crippen molar-refractivity contribution < 1.29 is 21.6 Å². The lowest BCUT2D eigenvalue weighted by Crippen LogP contribution is -2.44. The number of benzene rings is 2. The van der Waals surface area contributed by atoms with E-state index in [2.05, 4.69) is 14.5 Å². The van der Waals surface area contributed by atoms with Gasteiger partial charge in [0.15, 0.2) is 0 Å². The van der Waals surface area contributed by atoms with Crippen molar-refractivity contribution in [2.45, 2.75) is 11.1 Å². The van der Waals surface area contributed by atoms with Crippen LogP contribution in [0.1, 0.15) is 5.56 Å². The van der Waals surface area contributed by atoms with Crippen LogP contribution in [0.5, 0.6) is 0 Å². The zero-order chi connectivity index (χ0) is 20.5. The summed E-state index contributed by atoms with van der Waals surface area (Å²) in [6, 6.07) is 9.13. The van der Waals surface area contributed by atoms with E-state index in [-0.39, 0.29) is 10.7 Å². The van der Waals surface area contributed by atoms with Crippen molar-refractivity contribution in [3.8, 4) is 0 Å². The van der Waals surface area contributed by atoms with Gasteiger partial charge >= 0.3 is 6.18 Å². The van der Waals surface area contributed by atoms with Gasteiger partial charge in [0.25, 0.3) is 10.0 Å². The highest BCUT2D eigenvalue weighted by Crippen LogP contribution is 2.36. The van der Waals surface area contributed by atoms with Crippen LogP contribution in [0.15, 0.2) is 47.4 Å². The van der Waals surface area contributed by atoms with Crippen LogP contribution in [0.2, 0.25) is 5.02 Å². The maximum Gasteiger partial charge on any atom is 0.417 e. The van der Waals surface area contributed by atoms with Gasteiger partial charge in [-0.2, -0.15) is 13.2 Å². The van der Waals surface area contributed by atoms with Gasteiger partial charge in [0, 0.05) is 42.6 Å². The lowest BCUT2D eigenvalue weighted by molar-refractivity contribution is -0.139. The number of rotatable bonds is 4. The average molecular weight is 434 g/mol. The molecule has 2 aromatic rings. The van der Waals surface area contributed by atoms with Gasteiger partial charge < -0.3 is 9.80 Å². The van der Waals surface area contributed by atoms with E-state index in [9.17, 15) is 21.6 Å². The summed E-state index contributed by atoms with van der Waals surface area (Å²) in [6.45, 7) is 3.54. The van der Waals surface area contributed by atoms with E-state index in [1.54, 1.807) is 12.1 Å². The second-order valence-corrected chi connectivity index (χ2v) is 8.67. The number of hydrogen-bond donors (Lipinski definition) is 1. The van der Waals surface area contributed by atoms with Crippen molar-refractivity contribution in [3.63, 3.8) is 0 Å². The van der Waals surface area contributed by atoms with Gasteiger partial charge in [-0.05, 0) is 49.5 Å². The van der Waals surface area contributed by atoms with Gasteiger partial charge in [-0.1, -0.05) is 11.6 Å². The molecule has 0 saturated carbocycles. The molecule has 0 atom stereocenters. The van der Waals surface area contributed by atoms with Crippen LogP contribution < -0.4 is 9.62 Å². The first-order chi connectivity index (χ1) is 13.1. The molecule has 0 amide bonds. The standard InChI is InChI=1S/C18H19ClF3N3O2S/c1-24-8-10-25(11-9-24)15-5-3-14(4-6-15)23-28(26,27)17-7-2-13(19)12-16(17)18(20,21)22/h2-7,12,23H,8-11H2,1H3. The molecule has 0 spiro atoms. The Bertz CT molecular complexity index is 942. The van der Waals surface area contributed by atoms with Crippen molar-refractivity contribution in [1.82, 2.24) is 4.90 Å². The Balaban J connectivity index is 1.82. The Hall–Kier alpha value is -1.97. The summed E-state index contributed by atoms with van der Waals surface area (Å²) in [7, 11) is -2.39. The first-order valence-corrected chi connectivity index (χ1v) is 10.4. The van der Waals surface area contributed by atoms with Crippen LogP contribution in [-0.4, -0.2) is 46.5 Å². The molecule has 0 aromatic heterocycles. The molecule has 3 rings (SSSR count). The number of nitrogens with zero attached hydrogens (tertiary/aromatic N) is 2. The number of alkyl halides is 3. The van der Waals surface area contributed by atoms with Gasteiger partial charge in [-0.3, -0.25) is 4.72 Å². The highest BCUT2D eigenvalue weighted by Gasteiger charge is 2.37. The Morgan fingerprint density at radius 3 is 2.18 bits per heavy atom. The topological polar surface area (TPSA) is 52.6 Å². The van der Waals surface area contributed by atoms with Crippen molar-refractivity contribution in [2.75, 3.05) is 42.8 Å². The summed E-state index contributed by atoms with van der Waals surface area (Å²) in [5, 5.41) is -0.192. The number of sulfonamides is 1. The molecule has 1 N–H and O–H groups in total. The van der Waals surface area contributed by atoms with Crippen LogP contribution in [0, 0.1) is 0 Å². The lowest BCUT2D eigenvalue weighted by atomic mass is 10.2. The molecule has 0 aliphatic carbocycles. The maximum atomic E-state index is 13.2. The molecule has 28 heavy (non-hydrogen) atoms. The number of piperazine rings is 1. The molecule has 1 aliphatic rings. The van der Waals surface area contributed by atoms with Crippen molar-refractivity contribution in [1.29, 1.82) is 0 Å². The van der Waals surface area contributed by atoms with Crippen molar-refractivity contribution >= 4 is 33.0 Å². The van der Waals surface area contributed by atoms with Crippen LogP contribution >= 0.6 is 11.6 Å². The maximum absolute atomic E-state index is 13.2. The summed E-state index contributed by atoms with van der Waals surface area (Å²) in [5.41, 5.74) is -0.193. The first-order valence-electron chi connectivity index (χ1n) is 8.49. The van der Waals surface area contributed by atoms with Gasteiger partial charge in [-0.25, -0.2) is 8.42 Å². The lowest BCUT2D eigenvalue weighted by Gasteiger charge is -2.34. The third kappa shape index (κ3) is 4.71. The fourth-order valence-corrected chi connectivity index (χ4v) is 4.41. The zero-order valence-corrected chi connectivity index (χ0v) is 16.6. The predicted molar refractivity (Wildman–Crippen MR) is 103 cm³/mol. The van der Waals surface area contributed by atoms with Gasteiger partial charge in [-0.15, -0.1) is 0 Å². The van der Waals surface area contributed by atoms with Gasteiger partial charge in [0.05, 0.1) is 10.5 Å². The fraction of sp³-hybridized carbons (Fsp3) is 0.333. The van der Waals surface area contributed by atoms with Crippen LogP contribution in [0.3, 0.4) is 0 Å². The van der Waals surface area contributed by atoms with Gasteiger partial charge in [0.1, 0.15) is 0 Å². The van der Waals surface area contributed by atoms with E-state index in [1.165, 1.54) is 12.1 Å². The molecule has 0 bridgehead atoms. The highest BCUT2D eigenvalue weighted by molar-refractivity contribution is 7.92. The SMILES string of the molecule is CN1CCN(c2ccc(NS(=O)(=O)c3ccc(Cl)cc3C(F)(F)F)cc2)CC1. The highest BCUT2D eigenvalue weighted by atomic mass is 35.5.